The van der Waals surface area contributed by atoms with Crippen LogP contribution in [0.2, 0.25) is 0 Å². The van der Waals surface area contributed by atoms with Crippen LogP contribution in [0.1, 0.15) is 17.5 Å². The van der Waals surface area contributed by atoms with Crippen LogP contribution in [-0.4, -0.2) is 31.1 Å². The first-order chi connectivity index (χ1) is 8.86. The highest BCUT2D eigenvalue weighted by atomic mass is 35.5. The zero-order valence-electron chi connectivity index (χ0n) is 11.0. The maximum absolute atomic E-state index is 13.3. The molecule has 1 unspecified atom stereocenters. The number of nitrogens with one attached hydrogen (secondary N) is 1. The number of benzene rings is 1. The molecule has 1 atom stereocenters. The van der Waals surface area contributed by atoms with Crippen LogP contribution in [0.4, 0.5) is 17.6 Å². The fourth-order valence-corrected chi connectivity index (χ4v) is 2.34. The Morgan fingerprint density at radius 2 is 2.00 bits per heavy atom. The van der Waals surface area contributed by atoms with E-state index in [9.17, 15) is 17.6 Å². The summed E-state index contributed by atoms with van der Waals surface area (Å²) < 4.78 is 51.0. The molecule has 1 saturated heterocycles. The fraction of sp³-hybridized carbons (Fsp3) is 0.538. The third kappa shape index (κ3) is 4.33. The Morgan fingerprint density at radius 3 is 2.55 bits per heavy atom. The Balaban J connectivity index is 0.00000200. The van der Waals surface area contributed by atoms with E-state index in [-0.39, 0.29) is 18.4 Å². The summed E-state index contributed by atoms with van der Waals surface area (Å²) in [6.07, 6.45) is -3.55. The van der Waals surface area contributed by atoms with Crippen LogP contribution >= 0.6 is 12.4 Å². The normalized spacial score (nSPS) is 19.2. The standard InChI is InChI=1S/C13H16F4N2.ClH/c1-19(12-2-3-18-7-12)8-9-4-10(13(15,16)17)6-11(14)5-9;/h4-6,12,18H,2-3,7-8H2,1H3;1H. The third-order valence-corrected chi connectivity index (χ3v) is 3.37. The lowest BCUT2D eigenvalue weighted by Crippen LogP contribution is -2.32. The van der Waals surface area contributed by atoms with Gasteiger partial charge in [0.2, 0.25) is 0 Å². The zero-order chi connectivity index (χ0) is 14.0. The minimum absolute atomic E-state index is 0. The minimum atomic E-state index is -4.51. The van der Waals surface area contributed by atoms with Crippen LogP contribution in [0, 0.1) is 5.82 Å². The monoisotopic (exact) mass is 312 g/mol. The molecule has 0 aliphatic carbocycles. The highest BCUT2D eigenvalue weighted by Gasteiger charge is 2.31. The van der Waals surface area contributed by atoms with Crippen LogP contribution in [-0.2, 0) is 12.7 Å². The predicted molar refractivity (Wildman–Crippen MR) is 71.4 cm³/mol. The average molecular weight is 313 g/mol. The molecular weight excluding hydrogens is 296 g/mol. The molecule has 0 amide bonds. The van der Waals surface area contributed by atoms with Crippen molar-refractivity contribution in [2.24, 2.45) is 0 Å². The van der Waals surface area contributed by atoms with Gasteiger partial charge in [0.1, 0.15) is 5.82 Å². The molecule has 1 aromatic rings. The quantitative estimate of drug-likeness (QED) is 0.863. The summed E-state index contributed by atoms with van der Waals surface area (Å²) in [6.45, 7) is 2.04. The maximum atomic E-state index is 13.3. The van der Waals surface area contributed by atoms with E-state index in [4.69, 9.17) is 0 Å². The molecule has 0 spiro atoms. The highest BCUT2D eigenvalue weighted by Crippen LogP contribution is 2.30. The van der Waals surface area contributed by atoms with Gasteiger partial charge in [-0.15, -0.1) is 12.4 Å². The molecule has 0 saturated carbocycles. The highest BCUT2D eigenvalue weighted by molar-refractivity contribution is 5.85. The number of alkyl halides is 3. The van der Waals surface area contributed by atoms with Crippen molar-refractivity contribution in [2.45, 2.75) is 25.2 Å². The number of rotatable bonds is 3. The van der Waals surface area contributed by atoms with Gasteiger partial charge in [-0.2, -0.15) is 13.2 Å². The lowest BCUT2D eigenvalue weighted by atomic mass is 10.1. The van der Waals surface area contributed by atoms with Crippen LogP contribution in [0.5, 0.6) is 0 Å². The van der Waals surface area contributed by atoms with Gasteiger partial charge in [-0.05, 0) is 43.8 Å². The second kappa shape index (κ2) is 6.74. The van der Waals surface area contributed by atoms with Crippen molar-refractivity contribution in [2.75, 3.05) is 20.1 Å². The lowest BCUT2D eigenvalue weighted by molar-refractivity contribution is -0.137. The smallest absolute Gasteiger partial charge is 0.315 e. The van der Waals surface area contributed by atoms with Gasteiger partial charge in [0.05, 0.1) is 5.56 Å². The fourth-order valence-electron chi connectivity index (χ4n) is 2.34. The molecule has 2 nitrogen and oxygen atoms in total. The number of hydrogen-bond acceptors (Lipinski definition) is 2. The Labute approximate surface area is 121 Å². The van der Waals surface area contributed by atoms with Crippen LogP contribution in [0.3, 0.4) is 0 Å². The molecule has 0 radical (unpaired) electrons. The van der Waals surface area contributed by atoms with Crippen molar-refractivity contribution < 1.29 is 17.6 Å². The van der Waals surface area contributed by atoms with Crippen molar-refractivity contribution in [1.29, 1.82) is 0 Å². The zero-order valence-corrected chi connectivity index (χ0v) is 11.8. The van der Waals surface area contributed by atoms with E-state index < -0.39 is 17.6 Å². The van der Waals surface area contributed by atoms with Gasteiger partial charge in [0.25, 0.3) is 0 Å². The van der Waals surface area contributed by atoms with Crippen molar-refractivity contribution >= 4 is 12.4 Å². The van der Waals surface area contributed by atoms with Crippen LogP contribution in [0.15, 0.2) is 18.2 Å². The Hall–Kier alpha value is -0.850. The van der Waals surface area contributed by atoms with E-state index in [1.54, 1.807) is 0 Å². The van der Waals surface area contributed by atoms with E-state index in [0.29, 0.717) is 18.2 Å². The van der Waals surface area contributed by atoms with E-state index in [2.05, 4.69) is 5.32 Å². The molecule has 1 aliphatic heterocycles. The summed E-state index contributed by atoms with van der Waals surface area (Å²) in [5, 5.41) is 3.19. The van der Waals surface area contributed by atoms with Gasteiger partial charge in [0, 0.05) is 19.1 Å². The van der Waals surface area contributed by atoms with Gasteiger partial charge in [-0.3, -0.25) is 4.90 Å². The molecule has 1 N–H and O–H groups in total. The second-order valence-corrected chi connectivity index (χ2v) is 4.91. The van der Waals surface area contributed by atoms with Gasteiger partial charge in [-0.25, -0.2) is 4.39 Å². The Kier molecular flexibility index (Phi) is 5.79. The van der Waals surface area contributed by atoms with Crippen molar-refractivity contribution in [3.8, 4) is 0 Å². The number of halogens is 5. The van der Waals surface area contributed by atoms with Crippen molar-refractivity contribution in [3.63, 3.8) is 0 Å². The lowest BCUT2D eigenvalue weighted by Gasteiger charge is -2.23. The van der Waals surface area contributed by atoms with Crippen molar-refractivity contribution in [3.05, 3.63) is 35.1 Å². The average Bonchev–Trinajstić information content (AvgIpc) is 2.80. The van der Waals surface area contributed by atoms with Crippen LogP contribution in [0.25, 0.3) is 0 Å². The maximum Gasteiger partial charge on any atom is 0.416 e. The SMILES string of the molecule is CN(Cc1cc(F)cc(C(F)(F)F)c1)C1CCNC1.Cl. The molecule has 1 heterocycles. The predicted octanol–water partition coefficient (Wildman–Crippen LogP) is 3.06. The molecule has 20 heavy (non-hydrogen) atoms. The van der Waals surface area contributed by atoms with E-state index >= 15 is 0 Å². The van der Waals surface area contributed by atoms with E-state index in [0.717, 1.165) is 31.6 Å². The molecule has 7 heteroatoms. The van der Waals surface area contributed by atoms with Crippen LogP contribution < -0.4 is 5.32 Å². The number of nitrogens with zero attached hydrogens (tertiary/aromatic N) is 1. The minimum Gasteiger partial charge on any atom is -0.315 e. The summed E-state index contributed by atoms with van der Waals surface area (Å²) in [5.74, 6) is -0.845. The summed E-state index contributed by atoms with van der Waals surface area (Å²) in [7, 11) is 1.84. The van der Waals surface area contributed by atoms with Gasteiger partial charge in [0.15, 0.2) is 0 Å². The summed E-state index contributed by atoms with van der Waals surface area (Å²) in [4.78, 5) is 1.95. The molecule has 1 aliphatic rings. The summed E-state index contributed by atoms with van der Waals surface area (Å²) >= 11 is 0. The Morgan fingerprint density at radius 1 is 1.30 bits per heavy atom. The molecular formula is C13H17ClF4N2. The van der Waals surface area contributed by atoms with Crippen molar-refractivity contribution in [1.82, 2.24) is 10.2 Å². The van der Waals surface area contributed by atoms with Gasteiger partial charge >= 0.3 is 6.18 Å². The molecule has 1 fully saturated rings. The molecule has 114 valence electrons. The number of hydrogen-bond donors (Lipinski definition) is 1. The second-order valence-electron chi connectivity index (χ2n) is 4.91. The molecule has 0 bridgehead atoms. The topological polar surface area (TPSA) is 15.3 Å². The summed E-state index contributed by atoms with van der Waals surface area (Å²) in [5.41, 5.74) is -0.581. The Bertz CT molecular complexity index is 444. The van der Waals surface area contributed by atoms with Gasteiger partial charge in [-0.1, -0.05) is 0 Å². The third-order valence-electron chi connectivity index (χ3n) is 3.37. The summed E-state index contributed by atoms with van der Waals surface area (Å²) in [6, 6.07) is 2.99. The first kappa shape index (κ1) is 17.2. The molecule has 0 aromatic heterocycles. The number of likely N-dealkylation sites (N-methyl/N-ethyl adjacent to an activating group) is 1. The molecule has 2 rings (SSSR count). The first-order valence-electron chi connectivity index (χ1n) is 6.14. The van der Waals surface area contributed by atoms with Gasteiger partial charge < -0.3 is 5.32 Å². The first-order valence-corrected chi connectivity index (χ1v) is 6.14. The van der Waals surface area contributed by atoms with E-state index in [1.165, 1.54) is 0 Å². The molecule has 1 aromatic carbocycles. The largest absolute Gasteiger partial charge is 0.416 e. The van der Waals surface area contributed by atoms with E-state index in [1.807, 2.05) is 11.9 Å².